The molecule has 1 rings (SSSR count). The first-order valence-corrected chi connectivity index (χ1v) is 7.32. The van der Waals surface area contributed by atoms with E-state index in [1.807, 2.05) is 6.07 Å². The number of carbonyl (C=O) groups is 2. The molecule has 0 radical (unpaired) electrons. The molecular formula is C16H18ClNO4. The van der Waals surface area contributed by atoms with Gasteiger partial charge in [0.1, 0.15) is 6.29 Å². The third-order valence-electron chi connectivity index (χ3n) is 3.17. The minimum atomic E-state index is -1.60. The summed E-state index contributed by atoms with van der Waals surface area (Å²) in [6.45, 7) is 3.74. The molecule has 0 aliphatic rings. The fraction of sp³-hybridized carbons (Fsp3) is 0.438. The highest BCUT2D eigenvalue weighted by molar-refractivity contribution is 6.30. The van der Waals surface area contributed by atoms with Gasteiger partial charge in [0, 0.05) is 11.6 Å². The number of benzene rings is 1. The molecule has 0 spiro atoms. The number of halogens is 1. The molecule has 6 heteroatoms. The van der Waals surface area contributed by atoms with Gasteiger partial charge in [0.2, 0.25) is 0 Å². The van der Waals surface area contributed by atoms with E-state index in [1.54, 1.807) is 38.1 Å². The van der Waals surface area contributed by atoms with Crippen molar-refractivity contribution < 1.29 is 19.1 Å². The Kier molecular flexibility index (Phi) is 7.03. The molecule has 0 bridgehead atoms. The van der Waals surface area contributed by atoms with Crippen molar-refractivity contribution >= 4 is 23.9 Å². The first kappa shape index (κ1) is 18.1. The number of nitrogens with zero attached hydrogens (tertiary/aromatic N) is 1. The zero-order chi connectivity index (χ0) is 16.6. The van der Waals surface area contributed by atoms with Crippen LogP contribution in [0.15, 0.2) is 24.3 Å². The monoisotopic (exact) mass is 323 g/mol. The minimum absolute atomic E-state index is 0.185. The molecule has 1 aromatic carbocycles. The van der Waals surface area contributed by atoms with Crippen LogP contribution in [0, 0.1) is 11.3 Å². The number of nitriles is 1. The van der Waals surface area contributed by atoms with Gasteiger partial charge in [-0.1, -0.05) is 23.7 Å². The summed E-state index contributed by atoms with van der Waals surface area (Å²) in [5, 5.41) is 10.1. The van der Waals surface area contributed by atoms with E-state index < -0.39 is 17.5 Å². The van der Waals surface area contributed by atoms with Crippen LogP contribution in [0.4, 0.5) is 0 Å². The Morgan fingerprint density at radius 2 is 2.00 bits per heavy atom. The summed E-state index contributed by atoms with van der Waals surface area (Å²) in [6.07, 6.45) is 0.290. The predicted octanol–water partition coefficient (Wildman–Crippen LogP) is 2.87. The number of ether oxygens (including phenoxy) is 2. The topological polar surface area (TPSA) is 76.4 Å². The molecule has 0 saturated heterocycles. The Hall–Kier alpha value is -1.90. The fourth-order valence-corrected chi connectivity index (χ4v) is 2.33. The van der Waals surface area contributed by atoms with Crippen molar-refractivity contribution in [3.05, 3.63) is 34.9 Å². The molecule has 0 aliphatic carbocycles. The molecular weight excluding hydrogens is 306 g/mol. The lowest BCUT2D eigenvalue weighted by Gasteiger charge is -2.31. The number of hydrogen-bond acceptors (Lipinski definition) is 5. The van der Waals surface area contributed by atoms with Crippen LogP contribution >= 0.6 is 11.6 Å². The van der Waals surface area contributed by atoms with Gasteiger partial charge in [-0.05, 0) is 31.5 Å². The van der Waals surface area contributed by atoms with Crippen LogP contribution in [0.25, 0.3) is 0 Å². The van der Waals surface area contributed by atoms with E-state index in [2.05, 4.69) is 0 Å². The normalized spacial score (nSPS) is 14.5. The van der Waals surface area contributed by atoms with Gasteiger partial charge >= 0.3 is 5.97 Å². The Balaban J connectivity index is 3.21. The smallest absolute Gasteiger partial charge is 0.309 e. The molecule has 118 valence electrons. The van der Waals surface area contributed by atoms with Crippen molar-refractivity contribution in [3.8, 4) is 6.07 Å². The number of esters is 1. The van der Waals surface area contributed by atoms with Crippen LogP contribution in [0.3, 0.4) is 0 Å². The Morgan fingerprint density at radius 3 is 2.45 bits per heavy atom. The standard InChI is InChI=1S/C16H18ClNO4/c1-3-21-15(20)9-16(11-18,22-4-2)14(10-19)12-5-7-13(17)8-6-12/h5-8,10,14H,3-4,9H2,1-2H3. The summed E-state index contributed by atoms with van der Waals surface area (Å²) < 4.78 is 10.4. The van der Waals surface area contributed by atoms with Crippen LogP contribution in [-0.4, -0.2) is 31.1 Å². The van der Waals surface area contributed by atoms with Gasteiger partial charge in [-0.25, -0.2) is 0 Å². The zero-order valence-corrected chi connectivity index (χ0v) is 13.3. The van der Waals surface area contributed by atoms with E-state index in [9.17, 15) is 14.9 Å². The summed E-state index contributed by atoms with van der Waals surface area (Å²) in [7, 11) is 0. The van der Waals surface area contributed by atoms with Crippen molar-refractivity contribution in [1.29, 1.82) is 5.26 Å². The van der Waals surface area contributed by atoms with Gasteiger partial charge in [-0.15, -0.1) is 0 Å². The molecule has 0 aromatic heterocycles. The maximum atomic E-state index is 11.8. The maximum absolute atomic E-state index is 11.8. The van der Waals surface area contributed by atoms with Gasteiger partial charge < -0.3 is 14.3 Å². The molecule has 5 nitrogen and oxygen atoms in total. The van der Waals surface area contributed by atoms with E-state index in [0.717, 1.165) is 0 Å². The second-order valence-electron chi connectivity index (χ2n) is 4.58. The molecule has 1 aromatic rings. The highest BCUT2D eigenvalue weighted by atomic mass is 35.5. The third kappa shape index (κ3) is 4.30. The molecule has 0 aliphatic heterocycles. The van der Waals surface area contributed by atoms with Crippen molar-refractivity contribution in [2.45, 2.75) is 31.8 Å². The molecule has 0 N–H and O–H groups in total. The summed E-state index contributed by atoms with van der Waals surface area (Å²) in [6, 6.07) is 8.49. The van der Waals surface area contributed by atoms with E-state index in [1.165, 1.54) is 0 Å². The molecule has 0 fully saturated rings. The predicted molar refractivity (Wildman–Crippen MR) is 81.5 cm³/mol. The first-order valence-electron chi connectivity index (χ1n) is 6.94. The van der Waals surface area contributed by atoms with Gasteiger partial charge in [-0.2, -0.15) is 5.26 Å². The molecule has 2 atom stereocenters. The quantitative estimate of drug-likeness (QED) is 0.543. The van der Waals surface area contributed by atoms with Gasteiger partial charge in [0.15, 0.2) is 5.60 Å². The SMILES string of the molecule is CCOC(=O)CC(C#N)(OCC)C(C=O)c1ccc(Cl)cc1. The fourth-order valence-electron chi connectivity index (χ4n) is 2.20. The number of aldehydes is 1. The summed E-state index contributed by atoms with van der Waals surface area (Å²) in [5.41, 5.74) is -1.05. The van der Waals surface area contributed by atoms with Crippen LogP contribution in [-0.2, 0) is 19.1 Å². The van der Waals surface area contributed by atoms with E-state index in [-0.39, 0.29) is 19.6 Å². The Labute approximate surface area is 134 Å². The van der Waals surface area contributed by atoms with Crippen LogP contribution < -0.4 is 0 Å². The molecule has 2 unspecified atom stereocenters. The molecule has 0 heterocycles. The lowest BCUT2D eigenvalue weighted by Crippen LogP contribution is -2.41. The van der Waals surface area contributed by atoms with E-state index >= 15 is 0 Å². The van der Waals surface area contributed by atoms with Crippen molar-refractivity contribution in [2.75, 3.05) is 13.2 Å². The average Bonchev–Trinajstić information content (AvgIpc) is 2.50. The first-order chi connectivity index (χ1) is 10.5. The van der Waals surface area contributed by atoms with Crippen LogP contribution in [0.2, 0.25) is 5.02 Å². The van der Waals surface area contributed by atoms with Crippen molar-refractivity contribution in [2.24, 2.45) is 0 Å². The molecule has 0 saturated carbocycles. The molecule has 22 heavy (non-hydrogen) atoms. The highest BCUT2D eigenvalue weighted by Crippen LogP contribution is 2.34. The summed E-state index contributed by atoms with van der Waals surface area (Å²) in [4.78, 5) is 23.4. The average molecular weight is 324 g/mol. The zero-order valence-electron chi connectivity index (χ0n) is 12.5. The van der Waals surface area contributed by atoms with Crippen molar-refractivity contribution in [3.63, 3.8) is 0 Å². The Morgan fingerprint density at radius 1 is 1.36 bits per heavy atom. The van der Waals surface area contributed by atoms with Gasteiger partial charge in [-0.3, -0.25) is 4.79 Å². The number of carbonyl (C=O) groups excluding carboxylic acids is 2. The molecule has 0 amide bonds. The minimum Gasteiger partial charge on any atom is -0.466 e. The van der Waals surface area contributed by atoms with Gasteiger partial charge in [0.25, 0.3) is 0 Å². The largest absolute Gasteiger partial charge is 0.466 e. The second kappa shape index (κ2) is 8.52. The Bertz CT molecular complexity index is 552. The van der Waals surface area contributed by atoms with Crippen LogP contribution in [0.1, 0.15) is 31.7 Å². The highest BCUT2D eigenvalue weighted by Gasteiger charge is 2.43. The van der Waals surface area contributed by atoms with Crippen molar-refractivity contribution in [1.82, 2.24) is 0 Å². The third-order valence-corrected chi connectivity index (χ3v) is 3.42. The van der Waals surface area contributed by atoms with E-state index in [4.69, 9.17) is 21.1 Å². The lowest BCUT2D eigenvalue weighted by atomic mass is 9.81. The maximum Gasteiger partial charge on any atom is 0.309 e. The lowest BCUT2D eigenvalue weighted by molar-refractivity contribution is -0.150. The number of rotatable bonds is 8. The van der Waals surface area contributed by atoms with Gasteiger partial charge in [0.05, 0.1) is 25.0 Å². The van der Waals surface area contributed by atoms with E-state index in [0.29, 0.717) is 16.9 Å². The van der Waals surface area contributed by atoms with Crippen LogP contribution in [0.5, 0.6) is 0 Å². The number of hydrogen-bond donors (Lipinski definition) is 0. The summed E-state index contributed by atoms with van der Waals surface area (Å²) >= 11 is 5.84. The second-order valence-corrected chi connectivity index (χ2v) is 5.02. The summed E-state index contributed by atoms with van der Waals surface area (Å²) in [5.74, 6) is -1.50.